The lowest BCUT2D eigenvalue weighted by Crippen LogP contribution is -2.14. The molecule has 6 heteroatoms. The van der Waals surface area contributed by atoms with E-state index in [-0.39, 0.29) is 5.91 Å². The Balaban J connectivity index is 1.58. The van der Waals surface area contributed by atoms with Crippen LogP contribution in [-0.4, -0.2) is 10.9 Å². The number of benzene rings is 1. The summed E-state index contributed by atoms with van der Waals surface area (Å²) in [5.74, 6) is 0.487. The molecule has 3 aromatic rings. The Bertz CT molecular complexity index is 771. The topological polar surface area (TPSA) is 54.0 Å². The molecule has 0 saturated carbocycles. The summed E-state index contributed by atoms with van der Waals surface area (Å²) in [7, 11) is 0. The van der Waals surface area contributed by atoms with Gasteiger partial charge in [-0.2, -0.15) is 0 Å². The molecular formula is C17H14BrN3OS. The molecule has 0 fully saturated rings. The first-order valence-corrected chi connectivity index (χ1v) is 8.67. The highest BCUT2D eigenvalue weighted by atomic mass is 79.9. The van der Waals surface area contributed by atoms with Gasteiger partial charge < -0.3 is 10.6 Å². The van der Waals surface area contributed by atoms with Gasteiger partial charge in [0.05, 0.1) is 18.3 Å². The first-order valence-electron chi connectivity index (χ1n) is 7.00. The van der Waals surface area contributed by atoms with Crippen molar-refractivity contribution in [3.8, 4) is 0 Å². The molecule has 3 rings (SSSR count). The number of amides is 1. The Morgan fingerprint density at radius 3 is 2.52 bits per heavy atom. The van der Waals surface area contributed by atoms with Crippen molar-refractivity contribution in [3.63, 3.8) is 0 Å². The fourth-order valence-electron chi connectivity index (χ4n) is 2.00. The van der Waals surface area contributed by atoms with Crippen molar-refractivity contribution < 1.29 is 4.79 Å². The number of rotatable bonds is 5. The van der Waals surface area contributed by atoms with Gasteiger partial charge >= 0.3 is 0 Å². The van der Waals surface area contributed by atoms with Gasteiger partial charge in [-0.1, -0.05) is 22.0 Å². The molecular weight excluding hydrogens is 374 g/mol. The van der Waals surface area contributed by atoms with Crippen molar-refractivity contribution in [1.82, 2.24) is 4.98 Å². The molecule has 23 heavy (non-hydrogen) atoms. The van der Waals surface area contributed by atoms with Gasteiger partial charge in [0.1, 0.15) is 5.82 Å². The molecule has 1 aromatic carbocycles. The SMILES string of the molecule is O=C(Cc1cccs1)Nc1ccc(Nc2ccc(Br)cc2)cn1. The quantitative estimate of drug-likeness (QED) is 0.658. The highest BCUT2D eigenvalue weighted by Crippen LogP contribution is 2.19. The van der Waals surface area contributed by atoms with Gasteiger partial charge in [0.2, 0.25) is 5.91 Å². The molecule has 0 unspecified atom stereocenters. The Labute approximate surface area is 146 Å². The highest BCUT2D eigenvalue weighted by Gasteiger charge is 2.05. The van der Waals surface area contributed by atoms with E-state index in [1.807, 2.05) is 47.8 Å². The van der Waals surface area contributed by atoms with Crippen molar-refractivity contribution in [1.29, 1.82) is 0 Å². The monoisotopic (exact) mass is 387 g/mol. The minimum absolute atomic E-state index is 0.0615. The molecule has 2 heterocycles. The van der Waals surface area contributed by atoms with Crippen molar-refractivity contribution in [2.24, 2.45) is 0 Å². The third kappa shape index (κ3) is 4.64. The summed E-state index contributed by atoms with van der Waals surface area (Å²) in [5, 5.41) is 8.02. The van der Waals surface area contributed by atoms with Crippen LogP contribution in [0.5, 0.6) is 0 Å². The van der Waals surface area contributed by atoms with Crippen LogP contribution in [0.4, 0.5) is 17.2 Å². The number of nitrogens with zero attached hydrogens (tertiary/aromatic N) is 1. The van der Waals surface area contributed by atoms with Crippen LogP contribution in [0.1, 0.15) is 4.88 Å². The van der Waals surface area contributed by atoms with Gasteiger partial charge in [0.15, 0.2) is 0 Å². The Morgan fingerprint density at radius 2 is 1.87 bits per heavy atom. The zero-order valence-electron chi connectivity index (χ0n) is 12.1. The van der Waals surface area contributed by atoms with Crippen molar-refractivity contribution in [2.45, 2.75) is 6.42 Å². The van der Waals surface area contributed by atoms with E-state index in [9.17, 15) is 4.79 Å². The molecule has 1 amide bonds. The summed E-state index contributed by atoms with van der Waals surface area (Å²) in [5.41, 5.74) is 1.84. The number of nitrogens with one attached hydrogen (secondary N) is 2. The standard InChI is InChI=1S/C17H14BrN3OS/c18-12-3-5-13(6-4-12)20-14-7-8-16(19-11-14)21-17(22)10-15-2-1-9-23-15/h1-9,11,20H,10H2,(H,19,21,22). The first kappa shape index (κ1) is 15.7. The molecule has 0 radical (unpaired) electrons. The molecule has 0 aliphatic heterocycles. The fourth-order valence-corrected chi connectivity index (χ4v) is 2.97. The van der Waals surface area contributed by atoms with E-state index in [0.29, 0.717) is 12.2 Å². The zero-order valence-corrected chi connectivity index (χ0v) is 14.5. The average Bonchev–Trinajstić information content (AvgIpc) is 3.04. The summed E-state index contributed by atoms with van der Waals surface area (Å²) in [6.07, 6.45) is 2.07. The van der Waals surface area contributed by atoms with E-state index in [0.717, 1.165) is 20.7 Å². The van der Waals surface area contributed by atoms with Crippen LogP contribution < -0.4 is 10.6 Å². The molecule has 116 valence electrons. The summed E-state index contributed by atoms with van der Waals surface area (Å²) in [6, 6.07) is 15.4. The van der Waals surface area contributed by atoms with E-state index >= 15 is 0 Å². The van der Waals surface area contributed by atoms with Crippen molar-refractivity contribution in [2.75, 3.05) is 10.6 Å². The number of anilines is 3. The minimum Gasteiger partial charge on any atom is -0.354 e. The fraction of sp³-hybridized carbons (Fsp3) is 0.0588. The summed E-state index contributed by atoms with van der Waals surface area (Å²) >= 11 is 4.98. The third-order valence-corrected chi connectivity index (χ3v) is 4.48. The lowest BCUT2D eigenvalue weighted by atomic mass is 10.3. The normalized spacial score (nSPS) is 10.3. The van der Waals surface area contributed by atoms with E-state index < -0.39 is 0 Å². The minimum atomic E-state index is -0.0615. The van der Waals surface area contributed by atoms with Gasteiger partial charge in [0.25, 0.3) is 0 Å². The molecule has 0 aliphatic carbocycles. The third-order valence-electron chi connectivity index (χ3n) is 3.08. The van der Waals surface area contributed by atoms with Crippen LogP contribution in [0.15, 0.2) is 64.6 Å². The zero-order chi connectivity index (χ0) is 16.1. The summed E-state index contributed by atoms with van der Waals surface area (Å²) in [4.78, 5) is 17.2. The molecule has 0 saturated heterocycles. The maximum absolute atomic E-state index is 11.9. The van der Waals surface area contributed by atoms with E-state index in [1.54, 1.807) is 23.6 Å². The lowest BCUT2D eigenvalue weighted by molar-refractivity contribution is -0.115. The van der Waals surface area contributed by atoms with Gasteiger partial charge in [-0.3, -0.25) is 4.79 Å². The maximum Gasteiger partial charge on any atom is 0.230 e. The van der Waals surface area contributed by atoms with E-state index in [2.05, 4.69) is 31.5 Å². The molecule has 4 nitrogen and oxygen atoms in total. The van der Waals surface area contributed by atoms with Crippen LogP contribution in [-0.2, 0) is 11.2 Å². The summed E-state index contributed by atoms with van der Waals surface area (Å²) < 4.78 is 1.03. The van der Waals surface area contributed by atoms with Crippen molar-refractivity contribution in [3.05, 3.63) is 69.5 Å². The van der Waals surface area contributed by atoms with E-state index in [4.69, 9.17) is 0 Å². The van der Waals surface area contributed by atoms with Crippen LogP contribution in [0.25, 0.3) is 0 Å². The number of halogens is 1. The number of hydrogen-bond donors (Lipinski definition) is 2. The molecule has 0 atom stereocenters. The van der Waals surface area contributed by atoms with Gasteiger partial charge in [-0.25, -0.2) is 4.98 Å². The maximum atomic E-state index is 11.9. The molecule has 0 spiro atoms. The predicted octanol–water partition coefficient (Wildman–Crippen LogP) is 4.83. The Kier molecular flexibility index (Phi) is 5.05. The highest BCUT2D eigenvalue weighted by molar-refractivity contribution is 9.10. The second-order valence-corrected chi connectivity index (χ2v) is 6.82. The Morgan fingerprint density at radius 1 is 1.09 bits per heavy atom. The molecule has 2 aromatic heterocycles. The molecule has 0 bridgehead atoms. The van der Waals surface area contributed by atoms with Gasteiger partial charge in [-0.15, -0.1) is 11.3 Å². The second kappa shape index (κ2) is 7.39. The smallest absolute Gasteiger partial charge is 0.230 e. The number of aromatic nitrogens is 1. The molecule has 0 aliphatic rings. The number of carbonyl (C=O) groups is 1. The Hall–Kier alpha value is -2.18. The van der Waals surface area contributed by atoms with Crippen LogP contribution >= 0.6 is 27.3 Å². The lowest BCUT2D eigenvalue weighted by Gasteiger charge is -2.08. The summed E-state index contributed by atoms with van der Waals surface area (Å²) in [6.45, 7) is 0. The van der Waals surface area contributed by atoms with Crippen LogP contribution in [0, 0.1) is 0 Å². The number of thiophene rings is 1. The largest absolute Gasteiger partial charge is 0.354 e. The van der Waals surface area contributed by atoms with Crippen LogP contribution in [0.3, 0.4) is 0 Å². The van der Waals surface area contributed by atoms with Crippen LogP contribution in [0.2, 0.25) is 0 Å². The molecule has 2 N–H and O–H groups in total. The predicted molar refractivity (Wildman–Crippen MR) is 98.3 cm³/mol. The number of carbonyl (C=O) groups excluding carboxylic acids is 1. The average molecular weight is 388 g/mol. The van der Waals surface area contributed by atoms with E-state index in [1.165, 1.54) is 0 Å². The van der Waals surface area contributed by atoms with Crippen molar-refractivity contribution >= 4 is 50.4 Å². The second-order valence-electron chi connectivity index (χ2n) is 4.87. The van der Waals surface area contributed by atoms with Gasteiger partial charge in [-0.05, 0) is 47.8 Å². The first-order chi connectivity index (χ1) is 11.2. The number of pyridine rings is 1. The number of hydrogen-bond acceptors (Lipinski definition) is 4. The van der Waals surface area contributed by atoms with Gasteiger partial charge in [0, 0.05) is 15.0 Å².